The van der Waals surface area contributed by atoms with Crippen LogP contribution in [0.5, 0.6) is 0 Å². The van der Waals surface area contributed by atoms with E-state index in [2.05, 4.69) is 29.2 Å². The summed E-state index contributed by atoms with van der Waals surface area (Å²) >= 11 is 1.46. The summed E-state index contributed by atoms with van der Waals surface area (Å²) in [5.41, 5.74) is 1.34. The van der Waals surface area contributed by atoms with Gasteiger partial charge < -0.3 is 9.26 Å². The van der Waals surface area contributed by atoms with Gasteiger partial charge in [0.05, 0.1) is 17.9 Å². The summed E-state index contributed by atoms with van der Waals surface area (Å²) in [6.07, 6.45) is 8.07. The van der Waals surface area contributed by atoms with Crippen LogP contribution in [0.1, 0.15) is 41.6 Å². The first kappa shape index (κ1) is 17.7. The van der Waals surface area contributed by atoms with Crippen LogP contribution in [0, 0.1) is 18.8 Å². The Bertz CT molecular complexity index is 757. The summed E-state index contributed by atoms with van der Waals surface area (Å²) in [5.74, 6) is 1.98. The van der Waals surface area contributed by atoms with Crippen LogP contribution in [-0.4, -0.2) is 22.7 Å². The Labute approximate surface area is 151 Å². The fourth-order valence-corrected chi connectivity index (χ4v) is 3.65. The van der Waals surface area contributed by atoms with E-state index in [4.69, 9.17) is 9.26 Å². The average Bonchev–Trinajstić information content (AvgIpc) is 3.04. The number of thioether (sulfide) groups is 1. The Morgan fingerprint density at radius 3 is 3.00 bits per heavy atom. The van der Waals surface area contributed by atoms with Crippen molar-refractivity contribution in [1.82, 2.24) is 10.1 Å². The van der Waals surface area contributed by atoms with Crippen LogP contribution >= 0.6 is 11.8 Å². The van der Waals surface area contributed by atoms with Crippen LogP contribution in [-0.2, 0) is 10.5 Å². The number of allylic oxidation sites excluding steroid dienone is 2. The SMILES string of the molecule is Cc1cc(CSc2ncccc2C(=O)OCC2CC=CCC2C)no1. The van der Waals surface area contributed by atoms with Crippen molar-refractivity contribution in [2.75, 3.05) is 6.61 Å². The Kier molecular flexibility index (Phi) is 5.91. The lowest BCUT2D eigenvalue weighted by Crippen LogP contribution is -2.22. The van der Waals surface area contributed by atoms with E-state index in [1.54, 1.807) is 18.3 Å². The van der Waals surface area contributed by atoms with Gasteiger partial charge in [0.2, 0.25) is 0 Å². The van der Waals surface area contributed by atoms with Crippen molar-refractivity contribution in [3.63, 3.8) is 0 Å². The van der Waals surface area contributed by atoms with Crippen molar-refractivity contribution in [1.29, 1.82) is 0 Å². The average molecular weight is 358 g/mol. The Morgan fingerprint density at radius 1 is 1.40 bits per heavy atom. The Hall–Kier alpha value is -2.08. The number of carbonyl (C=O) groups is 1. The second kappa shape index (κ2) is 8.34. The van der Waals surface area contributed by atoms with Crippen LogP contribution in [0.2, 0.25) is 0 Å². The quantitative estimate of drug-likeness (QED) is 0.432. The second-order valence-corrected chi connectivity index (χ2v) is 7.32. The minimum absolute atomic E-state index is 0.311. The number of pyridine rings is 1. The third kappa shape index (κ3) is 4.72. The number of hydrogen-bond donors (Lipinski definition) is 0. The summed E-state index contributed by atoms with van der Waals surface area (Å²) in [6.45, 7) is 4.51. The number of ether oxygens (including phenoxy) is 1. The molecule has 0 saturated heterocycles. The Balaban J connectivity index is 1.61. The molecular weight excluding hydrogens is 336 g/mol. The van der Waals surface area contributed by atoms with E-state index < -0.39 is 0 Å². The molecule has 0 fully saturated rings. The maximum Gasteiger partial charge on any atom is 0.340 e. The van der Waals surface area contributed by atoms with Crippen LogP contribution in [0.4, 0.5) is 0 Å². The summed E-state index contributed by atoms with van der Waals surface area (Å²) in [4.78, 5) is 16.8. The van der Waals surface area contributed by atoms with Gasteiger partial charge in [-0.25, -0.2) is 9.78 Å². The molecule has 2 atom stereocenters. The van der Waals surface area contributed by atoms with E-state index in [0.29, 0.717) is 34.8 Å². The van der Waals surface area contributed by atoms with Gasteiger partial charge in [-0.05, 0) is 43.7 Å². The molecule has 25 heavy (non-hydrogen) atoms. The van der Waals surface area contributed by atoms with Gasteiger partial charge in [0.25, 0.3) is 0 Å². The van der Waals surface area contributed by atoms with Gasteiger partial charge in [0.15, 0.2) is 0 Å². The summed E-state index contributed by atoms with van der Waals surface area (Å²) in [6, 6.07) is 5.40. The van der Waals surface area contributed by atoms with Gasteiger partial charge >= 0.3 is 5.97 Å². The molecule has 0 spiro atoms. The van der Waals surface area contributed by atoms with Crippen LogP contribution < -0.4 is 0 Å². The van der Waals surface area contributed by atoms with E-state index in [1.807, 2.05) is 13.0 Å². The van der Waals surface area contributed by atoms with Crippen LogP contribution in [0.25, 0.3) is 0 Å². The van der Waals surface area contributed by atoms with E-state index in [9.17, 15) is 4.79 Å². The number of hydrogen-bond acceptors (Lipinski definition) is 6. The lowest BCUT2D eigenvalue weighted by atomic mass is 9.85. The second-order valence-electron chi connectivity index (χ2n) is 6.35. The van der Waals surface area contributed by atoms with Crippen molar-refractivity contribution in [2.24, 2.45) is 11.8 Å². The van der Waals surface area contributed by atoms with Gasteiger partial charge in [-0.3, -0.25) is 0 Å². The summed E-state index contributed by atoms with van der Waals surface area (Å²) in [5, 5.41) is 4.62. The fraction of sp³-hybridized carbons (Fsp3) is 0.421. The van der Waals surface area contributed by atoms with Crippen LogP contribution in [0.3, 0.4) is 0 Å². The number of nitrogens with zero attached hydrogens (tertiary/aromatic N) is 2. The van der Waals surface area contributed by atoms with E-state index >= 15 is 0 Å². The van der Waals surface area contributed by atoms with Gasteiger partial charge in [-0.1, -0.05) is 36.0 Å². The van der Waals surface area contributed by atoms with Crippen LogP contribution in [0.15, 0.2) is 46.1 Å². The van der Waals surface area contributed by atoms with Gasteiger partial charge in [0.1, 0.15) is 10.8 Å². The van der Waals surface area contributed by atoms with E-state index in [-0.39, 0.29) is 5.97 Å². The van der Waals surface area contributed by atoms with Gasteiger partial charge in [-0.15, -0.1) is 0 Å². The number of aryl methyl sites for hydroxylation is 1. The first-order chi connectivity index (χ1) is 12.1. The molecule has 5 nitrogen and oxygen atoms in total. The summed E-state index contributed by atoms with van der Waals surface area (Å²) < 4.78 is 10.6. The largest absolute Gasteiger partial charge is 0.462 e. The molecule has 1 aliphatic rings. The molecule has 2 aromatic heterocycles. The first-order valence-electron chi connectivity index (χ1n) is 8.45. The Morgan fingerprint density at radius 2 is 2.24 bits per heavy atom. The third-order valence-corrected chi connectivity index (χ3v) is 5.41. The zero-order valence-electron chi connectivity index (χ0n) is 14.5. The van der Waals surface area contributed by atoms with Gasteiger partial charge in [-0.2, -0.15) is 0 Å². The minimum atomic E-state index is -0.311. The number of rotatable bonds is 6. The zero-order chi connectivity index (χ0) is 17.6. The minimum Gasteiger partial charge on any atom is -0.462 e. The lowest BCUT2D eigenvalue weighted by molar-refractivity contribution is 0.0390. The molecule has 2 aromatic rings. The predicted molar refractivity (Wildman–Crippen MR) is 96.3 cm³/mol. The fourth-order valence-electron chi connectivity index (χ4n) is 2.79. The van der Waals surface area contributed by atoms with Crippen molar-refractivity contribution in [3.8, 4) is 0 Å². The van der Waals surface area contributed by atoms with E-state index in [0.717, 1.165) is 24.3 Å². The molecule has 0 amide bonds. The zero-order valence-corrected chi connectivity index (χ0v) is 15.3. The number of carbonyl (C=O) groups excluding carboxylic acids is 1. The van der Waals surface area contributed by atoms with E-state index in [1.165, 1.54) is 11.8 Å². The highest BCUT2D eigenvalue weighted by molar-refractivity contribution is 7.98. The molecule has 6 heteroatoms. The molecule has 132 valence electrons. The van der Waals surface area contributed by atoms with Gasteiger partial charge in [0, 0.05) is 18.0 Å². The highest BCUT2D eigenvalue weighted by Gasteiger charge is 2.21. The molecule has 0 aliphatic heterocycles. The lowest BCUT2D eigenvalue weighted by Gasteiger charge is -2.24. The van der Waals surface area contributed by atoms with Crippen molar-refractivity contribution < 1.29 is 14.1 Å². The molecule has 1 aliphatic carbocycles. The maximum atomic E-state index is 12.5. The molecule has 0 saturated carbocycles. The molecule has 2 unspecified atom stereocenters. The van der Waals surface area contributed by atoms with Crippen molar-refractivity contribution in [3.05, 3.63) is 53.6 Å². The van der Waals surface area contributed by atoms with Crippen molar-refractivity contribution in [2.45, 2.75) is 37.5 Å². The maximum absolute atomic E-state index is 12.5. The molecule has 3 rings (SSSR count). The topological polar surface area (TPSA) is 65.2 Å². The highest BCUT2D eigenvalue weighted by Crippen LogP contribution is 2.27. The molecule has 0 radical (unpaired) electrons. The number of esters is 1. The monoisotopic (exact) mass is 358 g/mol. The highest BCUT2D eigenvalue weighted by atomic mass is 32.2. The normalized spacial score (nSPS) is 19.8. The predicted octanol–water partition coefficient (Wildman–Crippen LogP) is 4.43. The smallest absolute Gasteiger partial charge is 0.340 e. The number of aromatic nitrogens is 2. The third-order valence-electron chi connectivity index (χ3n) is 4.37. The molecule has 0 aromatic carbocycles. The molecular formula is C19H22N2O3S. The first-order valence-corrected chi connectivity index (χ1v) is 9.44. The molecule has 0 N–H and O–H groups in total. The standard InChI is InChI=1S/C19H22N2O3S/c1-13-6-3-4-7-15(13)11-23-19(22)17-8-5-9-20-18(17)25-12-16-10-14(2)24-21-16/h3-5,8-10,13,15H,6-7,11-12H2,1-2H3. The molecule has 0 bridgehead atoms. The molecule has 2 heterocycles. The van der Waals surface area contributed by atoms with Crippen molar-refractivity contribution >= 4 is 17.7 Å². The summed E-state index contributed by atoms with van der Waals surface area (Å²) in [7, 11) is 0.